The third-order valence-electron chi connectivity index (χ3n) is 5.66. The van der Waals surface area contributed by atoms with Gasteiger partial charge in [-0.15, -0.1) is 10.2 Å². The molecule has 0 aliphatic carbocycles. The van der Waals surface area contributed by atoms with Crippen molar-refractivity contribution in [2.45, 2.75) is 50.1 Å². The standard InChI is InChI=1S/C27H29N5OS/c1-18(2)23-14-8-9-15-24(23)32-25(22-13-10-16-28-17-22)30-31-27(32)34-20(4)26(33)29-19(3)21-11-6-5-7-12-21/h5-20H,1-4H3,(H,29,33). The minimum Gasteiger partial charge on any atom is -0.349 e. The Bertz CT molecular complexity index is 1240. The largest absolute Gasteiger partial charge is 0.349 e. The number of amides is 1. The number of hydrogen-bond donors (Lipinski definition) is 1. The first kappa shape index (κ1) is 23.7. The van der Waals surface area contributed by atoms with Crippen LogP contribution in [0.4, 0.5) is 0 Å². The van der Waals surface area contributed by atoms with Crippen molar-refractivity contribution in [3.8, 4) is 17.1 Å². The molecular weight excluding hydrogens is 442 g/mol. The molecule has 0 aliphatic heterocycles. The van der Waals surface area contributed by atoms with E-state index in [1.165, 1.54) is 17.3 Å². The summed E-state index contributed by atoms with van der Waals surface area (Å²) in [4.78, 5) is 17.3. The number of aromatic nitrogens is 4. The molecule has 2 aromatic heterocycles. The number of thioether (sulfide) groups is 1. The van der Waals surface area contributed by atoms with E-state index in [1.54, 1.807) is 12.4 Å². The van der Waals surface area contributed by atoms with Gasteiger partial charge >= 0.3 is 0 Å². The lowest BCUT2D eigenvalue weighted by Crippen LogP contribution is -2.33. The summed E-state index contributed by atoms with van der Waals surface area (Å²) in [6.07, 6.45) is 3.52. The molecular formula is C27H29N5OS. The van der Waals surface area contributed by atoms with Crippen LogP contribution in [0.25, 0.3) is 17.1 Å². The number of hydrogen-bond acceptors (Lipinski definition) is 5. The number of carbonyl (C=O) groups excluding carboxylic acids is 1. The second-order valence-corrected chi connectivity index (χ2v) is 9.81. The molecule has 174 valence electrons. The minimum absolute atomic E-state index is 0.0454. The van der Waals surface area contributed by atoms with E-state index in [-0.39, 0.29) is 17.2 Å². The zero-order valence-electron chi connectivity index (χ0n) is 19.8. The summed E-state index contributed by atoms with van der Waals surface area (Å²) in [7, 11) is 0. The van der Waals surface area contributed by atoms with E-state index in [1.807, 2.05) is 73.0 Å². The molecule has 0 radical (unpaired) electrons. The third-order valence-corrected chi connectivity index (χ3v) is 6.71. The van der Waals surface area contributed by atoms with Crippen LogP contribution in [0.2, 0.25) is 0 Å². The molecule has 2 unspecified atom stereocenters. The van der Waals surface area contributed by atoms with Gasteiger partial charge in [0.25, 0.3) is 0 Å². The maximum atomic E-state index is 13.0. The molecule has 1 N–H and O–H groups in total. The Kier molecular flexibility index (Phi) is 7.43. The predicted octanol–water partition coefficient (Wildman–Crippen LogP) is 5.81. The minimum atomic E-state index is -0.359. The Morgan fingerprint density at radius 1 is 0.912 bits per heavy atom. The van der Waals surface area contributed by atoms with Gasteiger partial charge in [-0.3, -0.25) is 14.3 Å². The molecule has 4 aromatic rings. The van der Waals surface area contributed by atoms with Crippen LogP contribution in [0.5, 0.6) is 0 Å². The highest BCUT2D eigenvalue weighted by atomic mass is 32.2. The summed E-state index contributed by atoms with van der Waals surface area (Å²) in [5.74, 6) is 0.968. The lowest BCUT2D eigenvalue weighted by molar-refractivity contribution is -0.120. The second kappa shape index (κ2) is 10.7. The van der Waals surface area contributed by atoms with Crippen molar-refractivity contribution in [3.05, 3.63) is 90.3 Å². The molecule has 2 aromatic carbocycles. The van der Waals surface area contributed by atoms with Crippen LogP contribution in [0, 0.1) is 0 Å². The fourth-order valence-corrected chi connectivity index (χ4v) is 4.66. The lowest BCUT2D eigenvalue weighted by atomic mass is 10.0. The van der Waals surface area contributed by atoms with Crippen molar-refractivity contribution in [1.29, 1.82) is 0 Å². The Morgan fingerprint density at radius 2 is 1.65 bits per heavy atom. The highest BCUT2D eigenvalue weighted by Gasteiger charge is 2.24. The van der Waals surface area contributed by atoms with E-state index in [0.29, 0.717) is 16.9 Å². The molecule has 0 spiro atoms. The molecule has 2 heterocycles. The number of para-hydroxylation sites is 1. The Morgan fingerprint density at radius 3 is 2.35 bits per heavy atom. The molecule has 0 aliphatic rings. The van der Waals surface area contributed by atoms with Gasteiger partial charge in [0.15, 0.2) is 11.0 Å². The van der Waals surface area contributed by atoms with Gasteiger partial charge in [-0.05, 0) is 49.1 Å². The highest BCUT2D eigenvalue weighted by molar-refractivity contribution is 8.00. The zero-order chi connectivity index (χ0) is 24.1. The molecule has 7 heteroatoms. The van der Waals surface area contributed by atoms with Crippen LogP contribution < -0.4 is 5.32 Å². The number of nitrogens with one attached hydrogen (secondary N) is 1. The van der Waals surface area contributed by atoms with E-state index in [0.717, 1.165) is 16.8 Å². The van der Waals surface area contributed by atoms with E-state index >= 15 is 0 Å². The van der Waals surface area contributed by atoms with E-state index in [4.69, 9.17) is 0 Å². The van der Waals surface area contributed by atoms with Gasteiger partial charge in [0.1, 0.15) is 0 Å². The summed E-state index contributed by atoms with van der Waals surface area (Å²) in [6, 6.07) is 22.0. The molecule has 0 saturated carbocycles. The molecule has 1 amide bonds. The van der Waals surface area contributed by atoms with E-state index in [9.17, 15) is 4.79 Å². The number of pyridine rings is 1. The average Bonchev–Trinajstić information content (AvgIpc) is 3.28. The zero-order valence-corrected chi connectivity index (χ0v) is 20.7. The van der Waals surface area contributed by atoms with Crippen molar-refractivity contribution in [3.63, 3.8) is 0 Å². The number of benzene rings is 2. The van der Waals surface area contributed by atoms with Crippen LogP contribution in [0.3, 0.4) is 0 Å². The fourth-order valence-electron chi connectivity index (χ4n) is 3.79. The maximum Gasteiger partial charge on any atom is 0.233 e. The molecule has 34 heavy (non-hydrogen) atoms. The lowest BCUT2D eigenvalue weighted by Gasteiger charge is -2.19. The van der Waals surface area contributed by atoms with Crippen LogP contribution in [0.1, 0.15) is 50.8 Å². The number of rotatable bonds is 8. The maximum absolute atomic E-state index is 13.0. The molecule has 0 fully saturated rings. The van der Waals surface area contributed by atoms with Crippen LogP contribution in [0.15, 0.2) is 84.3 Å². The first-order valence-electron chi connectivity index (χ1n) is 11.4. The van der Waals surface area contributed by atoms with Gasteiger partial charge < -0.3 is 5.32 Å². The summed E-state index contributed by atoms with van der Waals surface area (Å²) < 4.78 is 2.04. The smallest absolute Gasteiger partial charge is 0.233 e. The topological polar surface area (TPSA) is 72.7 Å². The van der Waals surface area contributed by atoms with E-state index < -0.39 is 0 Å². The Balaban J connectivity index is 1.66. The summed E-state index contributed by atoms with van der Waals surface area (Å²) in [5.41, 5.74) is 4.13. The predicted molar refractivity (Wildman–Crippen MR) is 137 cm³/mol. The van der Waals surface area contributed by atoms with Gasteiger partial charge in [-0.2, -0.15) is 0 Å². The number of carbonyl (C=O) groups is 1. The highest BCUT2D eigenvalue weighted by Crippen LogP contribution is 2.33. The van der Waals surface area contributed by atoms with Gasteiger partial charge in [0.2, 0.25) is 5.91 Å². The average molecular weight is 472 g/mol. The van der Waals surface area contributed by atoms with Gasteiger partial charge in [0, 0.05) is 18.0 Å². The third kappa shape index (κ3) is 5.20. The van der Waals surface area contributed by atoms with Gasteiger partial charge in [-0.1, -0.05) is 74.1 Å². The SMILES string of the molecule is CC(Sc1nnc(-c2cccnc2)n1-c1ccccc1C(C)C)C(=O)NC(C)c1ccccc1. The van der Waals surface area contributed by atoms with Crippen LogP contribution >= 0.6 is 11.8 Å². The van der Waals surface area contributed by atoms with Crippen molar-refractivity contribution in [2.24, 2.45) is 0 Å². The van der Waals surface area contributed by atoms with Crippen LogP contribution in [-0.4, -0.2) is 30.9 Å². The Hall–Kier alpha value is -3.45. The fraction of sp³-hybridized carbons (Fsp3) is 0.259. The van der Waals surface area contributed by atoms with Crippen molar-refractivity contribution < 1.29 is 4.79 Å². The molecule has 6 nitrogen and oxygen atoms in total. The molecule has 2 atom stereocenters. The normalized spacial score (nSPS) is 13.0. The van der Waals surface area contributed by atoms with Gasteiger partial charge in [-0.25, -0.2) is 0 Å². The summed E-state index contributed by atoms with van der Waals surface area (Å²) in [6.45, 7) is 8.23. The van der Waals surface area contributed by atoms with Crippen LogP contribution in [-0.2, 0) is 4.79 Å². The molecule has 4 rings (SSSR count). The number of nitrogens with zero attached hydrogens (tertiary/aromatic N) is 4. The quantitative estimate of drug-likeness (QED) is 0.328. The molecule has 0 bridgehead atoms. The monoisotopic (exact) mass is 471 g/mol. The van der Waals surface area contributed by atoms with Crippen molar-refractivity contribution in [1.82, 2.24) is 25.1 Å². The Labute approximate surface area is 204 Å². The van der Waals surface area contributed by atoms with Crippen molar-refractivity contribution in [2.75, 3.05) is 0 Å². The van der Waals surface area contributed by atoms with Crippen molar-refractivity contribution >= 4 is 17.7 Å². The second-order valence-electron chi connectivity index (χ2n) is 8.50. The van der Waals surface area contributed by atoms with Gasteiger partial charge in [0.05, 0.1) is 17.0 Å². The first-order chi connectivity index (χ1) is 16.5. The summed E-state index contributed by atoms with van der Waals surface area (Å²) in [5, 5.41) is 12.4. The van der Waals surface area contributed by atoms with E-state index in [2.05, 4.69) is 46.5 Å². The summed E-state index contributed by atoms with van der Waals surface area (Å²) >= 11 is 1.40. The molecule has 0 saturated heterocycles. The first-order valence-corrected chi connectivity index (χ1v) is 12.3.